The van der Waals surface area contributed by atoms with Gasteiger partial charge in [0.2, 0.25) is 5.91 Å². The number of hydrogen-bond donors (Lipinski definition) is 5. The number of aliphatic hydroxyl groups excluding tert-OH is 2. The van der Waals surface area contributed by atoms with Gasteiger partial charge in [0.1, 0.15) is 18.0 Å². The Labute approximate surface area is 393 Å². The fourth-order valence-corrected chi connectivity index (χ4v) is 9.18. The number of piperazine rings is 1. The predicted octanol–water partition coefficient (Wildman–Crippen LogP) is 7.90. The van der Waals surface area contributed by atoms with Crippen LogP contribution < -0.4 is 21.3 Å². The zero-order chi connectivity index (χ0) is 46.7. The Morgan fingerprint density at radius 1 is 0.742 bits per heavy atom. The number of rotatable bonds is 27. The first-order chi connectivity index (χ1) is 32.1. The van der Waals surface area contributed by atoms with E-state index in [4.69, 9.17) is 15.8 Å². The molecule has 66 heavy (non-hydrogen) atoms. The van der Waals surface area contributed by atoms with E-state index in [1.165, 1.54) is 56.9 Å². The van der Waals surface area contributed by atoms with Gasteiger partial charge in [0.25, 0.3) is 5.91 Å². The lowest BCUT2D eigenvalue weighted by Gasteiger charge is -2.35. The normalized spacial score (nSPS) is 14.7. The summed E-state index contributed by atoms with van der Waals surface area (Å²) in [4.78, 5) is 35.9. The van der Waals surface area contributed by atoms with Crippen LogP contribution in [0.4, 0.5) is 5.82 Å². The van der Waals surface area contributed by atoms with Crippen LogP contribution in [0.5, 0.6) is 0 Å². The fraction of sp³-hybridized carbons (Fsp3) is 0.519. The molecule has 6 rings (SSSR count). The molecule has 5 aromatic rings. The third-order valence-electron chi connectivity index (χ3n) is 12.9. The topological polar surface area (TPSA) is 161 Å². The number of carbonyl (C=O) groups excluding carboxylic acids is 2. The van der Waals surface area contributed by atoms with Crippen LogP contribution in [0.2, 0.25) is 0 Å². The molecule has 1 fully saturated rings. The maximum absolute atomic E-state index is 13.0. The minimum absolute atomic E-state index is 0.182. The average Bonchev–Trinajstić information content (AvgIpc) is 3.67. The summed E-state index contributed by atoms with van der Waals surface area (Å²) in [6.45, 7) is 11.1. The SMILES string of the molecule is Cc1nn2c(N3CCN(CCO)CC3)cc(-c3cccc(CCCCCCCCCCCCCNC(=O)[C@H](CC(C)C)NC(=O)[C@@H](O)[C@H](N)Cc4ccccc4)c3)nc2c1-c1ccccc1. The van der Waals surface area contributed by atoms with Crippen LogP contribution in [0.1, 0.15) is 108 Å². The van der Waals surface area contributed by atoms with Crippen molar-refractivity contribution in [1.82, 2.24) is 30.1 Å². The van der Waals surface area contributed by atoms with Crippen molar-refractivity contribution < 1.29 is 19.8 Å². The van der Waals surface area contributed by atoms with Gasteiger partial charge in [0.05, 0.1) is 18.0 Å². The molecule has 3 aromatic carbocycles. The van der Waals surface area contributed by atoms with Gasteiger partial charge in [-0.3, -0.25) is 14.5 Å². The Kier molecular flexibility index (Phi) is 20.0. The molecular formula is C54H76N8O4. The van der Waals surface area contributed by atoms with Crippen molar-refractivity contribution in [3.63, 3.8) is 0 Å². The van der Waals surface area contributed by atoms with Crippen LogP contribution >= 0.6 is 0 Å². The van der Waals surface area contributed by atoms with Crippen LogP contribution in [0, 0.1) is 12.8 Å². The molecule has 0 bridgehead atoms. The lowest BCUT2D eigenvalue weighted by molar-refractivity contribution is -0.135. The van der Waals surface area contributed by atoms with Crippen molar-refractivity contribution in [2.45, 2.75) is 129 Å². The van der Waals surface area contributed by atoms with Gasteiger partial charge in [0, 0.05) is 62.5 Å². The Balaban J connectivity index is 0.874. The van der Waals surface area contributed by atoms with Gasteiger partial charge in [-0.05, 0) is 67.7 Å². The van der Waals surface area contributed by atoms with Crippen molar-refractivity contribution in [1.29, 1.82) is 0 Å². The molecule has 3 heterocycles. The number of hydrogen-bond acceptors (Lipinski definition) is 9. The zero-order valence-electron chi connectivity index (χ0n) is 39.8. The number of nitrogens with one attached hydrogen (secondary N) is 2. The number of aliphatic hydroxyl groups is 2. The molecule has 2 aromatic heterocycles. The molecule has 1 aliphatic heterocycles. The molecule has 12 heteroatoms. The second-order valence-corrected chi connectivity index (χ2v) is 18.7. The summed E-state index contributed by atoms with van der Waals surface area (Å²) >= 11 is 0. The van der Waals surface area contributed by atoms with E-state index in [-0.39, 0.29) is 18.4 Å². The van der Waals surface area contributed by atoms with Crippen molar-refractivity contribution in [2.24, 2.45) is 11.7 Å². The van der Waals surface area contributed by atoms with Crippen LogP contribution in [0.15, 0.2) is 91.0 Å². The van der Waals surface area contributed by atoms with E-state index in [1.807, 2.05) is 54.8 Å². The van der Waals surface area contributed by atoms with Crippen molar-refractivity contribution >= 4 is 23.3 Å². The highest BCUT2D eigenvalue weighted by molar-refractivity contribution is 5.89. The molecule has 2 amide bonds. The summed E-state index contributed by atoms with van der Waals surface area (Å²) in [6.07, 6.45) is 13.5. The van der Waals surface area contributed by atoms with Gasteiger partial charge in [-0.15, -0.1) is 0 Å². The zero-order valence-corrected chi connectivity index (χ0v) is 39.8. The minimum atomic E-state index is -1.40. The molecule has 12 nitrogen and oxygen atoms in total. The second-order valence-electron chi connectivity index (χ2n) is 18.7. The monoisotopic (exact) mass is 901 g/mol. The third-order valence-corrected chi connectivity index (χ3v) is 12.9. The number of aromatic nitrogens is 3. The summed E-state index contributed by atoms with van der Waals surface area (Å²) in [5.74, 6) is 0.438. The van der Waals surface area contributed by atoms with E-state index in [0.29, 0.717) is 25.9 Å². The van der Waals surface area contributed by atoms with Gasteiger partial charge in [-0.1, -0.05) is 150 Å². The highest BCUT2D eigenvalue weighted by atomic mass is 16.3. The number of nitrogens with two attached hydrogens (primary N) is 1. The summed E-state index contributed by atoms with van der Waals surface area (Å²) < 4.78 is 2.04. The number of fused-ring (bicyclic) bond motifs is 1. The van der Waals surface area contributed by atoms with Gasteiger partial charge >= 0.3 is 0 Å². The van der Waals surface area contributed by atoms with Crippen molar-refractivity contribution in [3.8, 4) is 22.4 Å². The lowest BCUT2D eigenvalue weighted by Crippen LogP contribution is -2.54. The first-order valence-corrected chi connectivity index (χ1v) is 24.8. The number of aryl methyl sites for hydroxylation is 2. The Bertz CT molecular complexity index is 2220. The third kappa shape index (κ3) is 14.9. The molecule has 0 radical (unpaired) electrons. The number of benzene rings is 3. The van der Waals surface area contributed by atoms with Crippen LogP contribution in [-0.4, -0.2) is 106 Å². The molecule has 0 unspecified atom stereocenters. The Morgan fingerprint density at radius 2 is 1.35 bits per heavy atom. The van der Waals surface area contributed by atoms with Gasteiger partial charge in [-0.25, -0.2) is 4.98 Å². The highest BCUT2D eigenvalue weighted by Crippen LogP contribution is 2.33. The van der Waals surface area contributed by atoms with Gasteiger partial charge in [-0.2, -0.15) is 9.61 Å². The molecule has 1 saturated heterocycles. The minimum Gasteiger partial charge on any atom is -0.395 e. The Morgan fingerprint density at radius 3 is 2.00 bits per heavy atom. The standard InChI is InChI=1S/C54H76N8O4/c1-40(2)36-48(58-54(66)51(64)46(55)38-43-23-16-13-17-24-43)53(65)56-29-20-12-10-8-6-4-5-7-9-11-15-22-42-25-21-28-45(37-42)47-39-49(61-32-30-60(31-33-61)34-35-63)62-52(57-47)50(41(3)59-62)44-26-18-14-19-27-44/h13-14,16-19,21,23-28,37,39-40,46,48,51,63-64H,4-12,15,20,22,29-36,38,55H2,1-3H3,(H,56,65)(H,58,66)/t46-,48+,51+/m1/s1. The van der Waals surface area contributed by atoms with E-state index in [2.05, 4.69) is 82.0 Å². The summed E-state index contributed by atoms with van der Waals surface area (Å²) in [6, 6.07) is 29.6. The van der Waals surface area contributed by atoms with Crippen molar-refractivity contribution in [3.05, 3.63) is 108 Å². The number of carbonyl (C=O) groups is 2. The summed E-state index contributed by atoms with van der Waals surface area (Å²) in [5, 5.41) is 30.9. The van der Waals surface area contributed by atoms with Crippen LogP contribution in [-0.2, 0) is 22.4 Å². The van der Waals surface area contributed by atoms with E-state index >= 15 is 0 Å². The van der Waals surface area contributed by atoms with Gasteiger partial charge < -0.3 is 31.5 Å². The van der Waals surface area contributed by atoms with Crippen molar-refractivity contribution in [2.75, 3.05) is 50.8 Å². The van der Waals surface area contributed by atoms with Crippen LogP contribution in [0.25, 0.3) is 28.0 Å². The molecule has 0 spiro atoms. The van der Waals surface area contributed by atoms with E-state index in [1.54, 1.807) is 0 Å². The maximum Gasteiger partial charge on any atom is 0.251 e. The molecule has 0 aliphatic carbocycles. The molecule has 3 atom stereocenters. The number of amides is 2. The number of β-amino-alcohol motifs (C(OH)–C–C–N with tert-alkyl or cyclic N) is 1. The molecule has 1 aliphatic rings. The maximum atomic E-state index is 13.0. The molecule has 0 saturated carbocycles. The Hall–Kier alpha value is -5.14. The second kappa shape index (κ2) is 26.3. The summed E-state index contributed by atoms with van der Waals surface area (Å²) in [7, 11) is 0. The van der Waals surface area contributed by atoms with Gasteiger partial charge in [0.15, 0.2) is 5.65 Å². The predicted molar refractivity (Wildman–Crippen MR) is 267 cm³/mol. The summed E-state index contributed by atoms with van der Waals surface area (Å²) in [5.41, 5.74) is 14.6. The largest absolute Gasteiger partial charge is 0.395 e. The molecule has 356 valence electrons. The van der Waals surface area contributed by atoms with E-state index in [0.717, 1.165) is 97.0 Å². The van der Waals surface area contributed by atoms with Crippen LogP contribution in [0.3, 0.4) is 0 Å². The highest BCUT2D eigenvalue weighted by Gasteiger charge is 2.29. The first kappa shape index (κ1) is 50.3. The number of unbranched alkanes of at least 4 members (excludes halogenated alkanes) is 10. The van der Waals surface area contributed by atoms with E-state index < -0.39 is 24.1 Å². The smallest absolute Gasteiger partial charge is 0.251 e. The quantitative estimate of drug-likeness (QED) is 0.0330. The van der Waals surface area contributed by atoms with E-state index in [9.17, 15) is 19.8 Å². The lowest BCUT2D eigenvalue weighted by atomic mass is 9.99. The number of nitrogens with zero attached hydrogens (tertiary/aromatic N) is 5. The fourth-order valence-electron chi connectivity index (χ4n) is 9.18. The first-order valence-electron chi connectivity index (χ1n) is 24.8. The molecular weight excluding hydrogens is 825 g/mol. The molecule has 6 N–H and O–H groups in total. The number of anilines is 1. The average molecular weight is 901 g/mol.